The molecule has 0 amide bonds. The lowest BCUT2D eigenvalue weighted by atomic mass is 9.85. The maximum Gasteiger partial charge on any atom is 0.519 e. The first kappa shape index (κ1) is 22.8. The number of rotatable bonds is 4. The van der Waals surface area contributed by atoms with Crippen molar-refractivity contribution in [3.63, 3.8) is 0 Å². The summed E-state index contributed by atoms with van der Waals surface area (Å²) in [5, 5.41) is 22.8. The molecule has 30 heavy (non-hydrogen) atoms. The normalized spacial score (nSPS) is 11.7. The second-order valence-electron chi connectivity index (χ2n) is 8.77. The Hall–Kier alpha value is -3.49. The molecule has 0 bridgehead atoms. The summed E-state index contributed by atoms with van der Waals surface area (Å²) in [5.74, 6) is -0.0196. The number of hydrogen-bond acceptors (Lipinski definition) is 7. The van der Waals surface area contributed by atoms with Crippen molar-refractivity contribution in [1.82, 2.24) is 0 Å². The van der Waals surface area contributed by atoms with E-state index in [1.807, 2.05) is 0 Å². The number of ether oxygens (including phenoxy) is 2. The molecule has 0 heterocycles. The lowest BCUT2D eigenvalue weighted by Crippen LogP contribution is -2.22. The Labute approximate surface area is 173 Å². The van der Waals surface area contributed by atoms with Gasteiger partial charge < -0.3 is 9.47 Å². The van der Waals surface area contributed by atoms with Crippen LogP contribution in [0.5, 0.6) is 11.5 Å². The minimum atomic E-state index is -1.15. The van der Waals surface area contributed by atoms with Crippen LogP contribution in [0.25, 0.3) is 0 Å². The van der Waals surface area contributed by atoms with E-state index in [0.29, 0.717) is 0 Å². The summed E-state index contributed by atoms with van der Waals surface area (Å²) in [5.41, 5.74) is -1.27. The highest BCUT2D eigenvalue weighted by Crippen LogP contribution is 2.40. The number of nitro benzene ring substituents is 2. The van der Waals surface area contributed by atoms with Gasteiger partial charge in [0.1, 0.15) is 11.5 Å². The van der Waals surface area contributed by atoms with Gasteiger partial charge in [0.25, 0.3) is 11.4 Å². The highest BCUT2D eigenvalue weighted by molar-refractivity contribution is 5.71. The van der Waals surface area contributed by atoms with E-state index in [-0.39, 0.29) is 34.0 Å². The third kappa shape index (κ3) is 4.91. The molecule has 2 aromatic rings. The van der Waals surface area contributed by atoms with Gasteiger partial charge in [-0.1, -0.05) is 53.7 Å². The predicted octanol–water partition coefficient (Wildman–Crippen LogP) is 5.68. The fourth-order valence-corrected chi connectivity index (χ4v) is 3.22. The topological polar surface area (TPSA) is 122 Å². The van der Waals surface area contributed by atoms with Crippen LogP contribution in [0, 0.1) is 20.2 Å². The average Bonchev–Trinajstić information content (AvgIpc) is 2.59. The van der Waals surface area contributed by atoms with Crippen molar-refractivity contribution in [2.75, 3.05) is 0 Å². The zero-order valence-corrected chi connectivity index (χ0v) is 17.7. The van der Waals surface area contributed by atoms with Gasteiger partial charge in [-0.3, -0.25) is 20.2 Å². The van der Waals surface area contributed by atoms with Gasteiger partial charge in [-0.25, -0.2) is 4.79 Å². The molecule has 0 aliphatic rings. The van der Waals surface area contributed by atoms with E-state index in [9.17, 15) is 25.0 Å². The summed E-state index contributed by atoms with van der Waals surface area (Å²) in [6.45, 7) is 10.5. The van der Waals surface area contributed by atoms with Gasteiger partial charge in [0.15, 0.2) is 0 Å². The van der Waals surface area contributed by atoms with Crippen molar-refractivity contribution >= 4 is 17.5 Å². The molecule has 160 valence electrons. The Morgan fingerprint density at radius 1 is 0.733 bits per heavy atom. The summed E-state index contributed by atoms with van der Waals surface area (Å²) >= 11 is 0. The van der Waals surface area contributed by atoms with E-state index in [2.05, 4.69) is 0 Å². The number of nitro groups is 2. The van der Waals surface area contributed by atoms with Crippen LogP contribution in [0.4, 0.5) is 16.2 Å². The largest absolute Gasteiger partial charge is 0.519 e. The van der Waals surface area contributed by atoms with Crippen LogP contribution in [0.3, 0.4) is 0 Å². The summed E-state index contributed by atoms with van der Waals surface area (Å²) in [6, 6.07) is 8.35. The monoisotopic (exact) mass is 416 g/mol. The molecule has 0 atom stereocenters. The number of nitrogens with zero attached hydrogens (tertiary/aromatic N) is 2. The van der Waals surface area contributed by atoms with Gasteiger partial charge in [0.05, 0.1) is 21.0 Å². The standard InChI is InChI=1S/C21H24N2O7/c1-20(2,3)17-13(22(25)26)9-7-11-15(17)29-19(24)30-16-12-8-10-14(23(27)28)18(16)21(4,5)6/h7-12H,1-6H3. The Bertz CT molecular complexity index is 922. The number of hydrogen-bond donors (Lipinski definition) is 0. The third-order valence-electron chi connectivity index (χ3n) is 4.29. The van der Waals surface area contributed by atoms with Crippen LogP contribution in [-0.2, 0) is 10.8 Å². The molecular weight excluding hydrogens is 392 g/mol. The lowest BCUT2D eigenvalue weighted by Gasteiger charge is -2.23. The summed E-state index contributed by atoms with van der Waals surface area (Å²) in [6.07, 6.45) is -1.15. The predicted molar refractivity (Wildman–Crippen MR) is 110 cm³/mol. The second kappa shape index (κ2) is 8.10. The maximum absolute atomic E-state index is 12.5. The van der Waals surface area contributed by atoms with Crippen molar-refractivity contribution in [2.45, 2.75) is 52.4 Å². The summed E-state index contributed by atoms with van der Waals surface area (Å²) in [4.78, 5) is 34.3. The van der Waals surface area contributed by atoms with Crippen LogP contribution in [-0.4, -0.2) is 16.0 Å². The molecule has 2 rings (SSSR count). The summed E-state index contributed by atoms with van der Waals surface area (Å²) in [7, 11) is 0. The minimum Gasteiger partial charge on any atom is -0.394 e. The van der Waals surface area contributed by atoms with E-state index >= 15 is 0 Å². The molecule has 0 spiro atoms. The molecule has 0 fully saturated rings. The van der Waals surface area contributed by atoms with Gasteiger partial charge in [-0.2, -0.15) is 0 Å². The Morgan fingerprint density at radius 2 is 1.07 bits per heavy atom. The average molecular weight is 416 g/mol. The Kier molecular flexibility index (Phi) is 6.15. The van der Waals surface area contributed by atoms with Crippen LogP contribution >= 0.6 is 0 Å². The van der Waals surface area contributed by atoms with Crippen LogP contribution in [0.15, 0.2) is 36.4 Å². The van der Waals surface area contributed by atoms with Crippen molar-refractivity contribution < 1.29 is 24.1 Å². The first-order valence-corrected chi connectivity index (χ1v) is 9.19. The number of carbonyl (C=O) groups is 1. The molecular formula is C21H24N2O7. The molecule has 9 nitrogen and oxygen atoms in total. The first-order chi connectivity index (χ1) is 13.7. The molecule has 0 radical (unpaired) electrons. The van der Waals surface area contributed by atoms with Crippen molar-refractivity contribution in [3.8, 4) is 11.5 Å². The zero-order chi connectivity index (χ0) is 22.9. The molecule has 2 aromatic carbocycles. The molecule has 0 aliphatic heterocycles. The lowest BCUT2D eigenvalue weighted by molar-refractivity contribution is -0.386. The molecule has 0 saturated heterocycles. The smallest absolute Gasteiger partial charge is 0.394 e. The Morgan fingerprint density at radius 3 is 1.33 bits per heavy atom. The number of carbonyl (C=O) groups excluding carboxylic acids is 1. The zero-order valence-electron chi connectivity index (χ0n) is 17.7. The first-order valence-electron chi connectivity index (χ1n) is 9.19. The highest BCUT2D eigenvalue weighted by atomic mass is 16.7. The summed E-state index contributed by atoms with van der Waals surface area (Å²) < 4.78 is 10.6. The Balaban J connectivity index is 2.46. The second-order valence-corrected chi connectivity index (χ2v) is 8.77. The van der Waals surface area contributed by atoms with Crippen molar-refractivity contribution in [3.05, 3.63) is 67.8 Å². The molecule has 0 aromatic heterocycles. The van der Waals surface area contributed by atoms with Crippen molar-refractivity contribution in [1.29, 1.82) is 0 Å². The number of benzene rings is 2. The van der Waals surface area contributed by atoms with Gasteiger partial charge in [-0.15, -0.1) is 0 Å². The van der Waals surface area contributed by atoms with Gasteiger partial charge >= 0.3 is 6.16 Å². The fraction of sp³-hybridized carbons (Fsp3) is 0.381. The van der Waals surface area contributed by atoms with Crippen molar-refractivity contribution in [2.24, 2.45) is 0 Å². The van der Waals surface area contributed by atoms with Gasteiger partial charge in [0, 0.05) is 12.1 Å². The van der Waals surface area contributed by atoms with Gasteiger partial charge in [0.2, 0.25) is 0 Å². The van der Waals surface area contributed by atoms with E-state index in [1.165, 1.54) is 36.4 Å². The van der Waals surface area contributed by atoms with Gasteiger partial charge in [-0.05, 0) is 23.0 Å². The SMILES string of the molecule is CC(C)(C)c1c(OC(=O)Oc2cccc([N+](=O)[O-])c2C(C)(C)C)cccc1[N+](=O)[O-]. The van der Waals surface area contributed by atoms with E-state index in [1.54, 1.807) is 41.5 Å². The minimum absolute atomic E-state index is 0.00978. The highest BCUT2D eigenvalue weighted by Gasteiger charge is 2.32. The van der Waals surface area contributed by atoms with Crippen LogP contribution < -0.4 is 9.47 Å². The quantitative estimate of drug-likeness (QED) is 0.272. The molecule has 9 heteroatoms. The van der Waals surface area contributed by atoms with E-state index in [0.717, 1.165) is 0 Å². The van der Waals surface area contributed by atoms with Crippen LogP contribution in [0.2, 0.25) is 0 Å². The van der Waals surface area contributed by atoms with E-state index < -0.39 is 26.8 Å². The third-order valence-corrected chi connectivity index (χ3v) is 4.29. The molecule has 0 aliphatic carbocycles. The van der Waals surface area contributed by atoms with E-state index in [4.69, 9.17) is 9.47 Å². The maximum atomic E-state index is 12.5. The molecule has 0 saturated carbocycles. The fourth-order valence-electron chi connectivity index (χ4n) is 3.22. The molecule has 0 unspecified atom stereocenters. The molecule has 0 N–H and O–H groups in total. The van der Waals surface area contributed by atoms with Crippen LogP contribution in [0.1, 0.15) is 52.7 Å².